The molecule has 3 aromatic carbocycles. The van der Waals surface area contributed by atoms with Gasteiger partial charge in [-0.2, -0.15) is 0 Å². The summed E-state index contributed by atoms with van der Waals surface area (Å²) in [5.41, 5.74) is 6.20. The van der Waals surface area contributed by atoms with Crippen molar-refractivity contribution in [1.29, 1.82) is 0 Å². The van der Waals surface area contributed by atoms with E-state index in [9.17, 15) is 17.6 Å². The van der Waals surface area contributed by atoms with Crippen molar-refractivity contribution in [2.45, 2.75) is 63.4 Å². The molecule has 0 bridgehead atoms. The number of aryl methyl sites for hydroxylation is 4. The molecule has 0 fully saturated rings. The molecule has 1 N–H and O–H groups in total. The Labute approximate surface area is 241 Å². The number of amides is 1. The Bertz CT molecular complexity index is 1640. The minimum absolute atomic E-state index is 0.0938. The number of hydrogen-bond donors (Lipinski definition) is 1. The minimum Gasteiger partial charge on any atom is -0.306 e. The Kier molecular flexibility index (Phi) is 8.61. The van der Waals surface area contributed by atoms with Crippen molar-refractivity contribution in [3.05, 3.63) is 124 Å². The Morgan fingerprint density at radius 1 is 1.00 bits per heavy atom. The molecule has 1 aliphatic rings. The summed E-state index contributed by atoms with van der Waals surface area (Å²) in [4.78, 5) is 20.2. The van der Waals surface area contributed by atoms with Gasteiger partial charge in [0.2, 0.25) is 15.9 Å². The van der Waals surface area contributed by atoms with Gasteiger partial charge in [0.1, 0.15) is 5.82 Å². The number of anilines is 1. The predicted molar refractivity (Wildman–Crippen MR) is 159 cm³/mol. The zero-order valence-corrected chi connectivity index (χ0v) is 24.1. The molecular formula is C33H34FN3O3S. The SMILES string of the molecule is CCc1ccc(S(=O)(=O)NC2CCc3ccc(N(Cc4cccc(C)n4)C(=O)CCc4ccc(F)cc4)cc32)cc1. The molecule has 0 spiro atoms. The average Bonchev–Trinajstić information content (AvgIpc) is 3.36. The molecule has 0 radical (unpaired) electrons. The van der Waals surface area contributed by atoms with Crippen LogP contribution >= 0.6 is 0 Å². The van der Waals surface area contributed by atoms with E-state index in [1.165, 1.54) is 12.1 Å². The van der Waals surface area contributed by atoms with E-state index in [0.717, 1.165) is 46.5 Å². The summed E-state index contributed by atoms with van der Waals surface area (Å²) >= 11 is 0. The summed E-state index contributed by atoms with van der Waals surface area (Å²) in [6, 6.07) is 24.3. The van der Waals surface area contributed by atoms with Crippen molar-refractivity contribution in [3.63, 3.8) is 0 Å². The van der Waals surface area contributed by atoms with E-state index in [4.69, 9.17) is 0 Å². The maximum absolute atomic E-state index is 13.6. The van der Waals surface area contributed by atoms with Crippen molar-refractivity contribution in [1.82, 2.24) is 9.71 Å². The standard InChI is InChI=1S/C33H34FN3O3S/c1-3-24-9-17-30(18-10-24)41(39,40)36-32-19-13-26-12-16-29(21-31(26)32)37(22-28-6-4-5-23(2)35-28)33(38)20-11-25-7-14-27(34)15-8-25/h4-10,12,14-18,21,32,36H,3,11,13,19-20,22H2,1-2H3. The highest BCUT2D eigenvalue weighted by atomic mass is 32.2. The van der Waals surface area contributed by atoms with Crippen molar-refractivity contribution >= 4 is 21.6 Å². The predicted octanol–water partition coefficient (Wildman–Crippen LogP) is 6.22. The smallest absolute Gasteiger partial charge is 0.241 e. The van der Waals surface area contributed by atoms with E-state index in [1.54, 1.807) is 29.2 Å². The highest BCUT2D eigenvalue weighted by molar-refractivity contribution is 7.89. The van der Waals surface area contributed by atoms with Crippen LogP contribution in [0.25, 0.3) is 0 Å². The zero-order chi connectivity index (χ0) is 29.0. The second-order valence-electron chi connectivity index (χ2n) is 10.5. The number of nitrogens with zero attached hydrogens (tertiary/aromatic N) is 2. The van der Waals surface area contributed by atoms with Gasteiger partial charge < -0.3 is 4.90 Å². The van der Waals surface area contributed by atoms with Crippen LogP contribution in [-0.2, 0) is 40.6 Å². The van der Waals surface area contributed by atoms with Gasteiger partial charge in [0, 0.05) is 23.8 Å². The molecule has 1 heterocycles. The van der Waals surface area contributed by atoms with Crippen LogP contribution in [0.3, 0.4) is 0 Å². The lowest BCUT2D eigenvalue weighted by atomic mass is 10.1. The molecule has 1 unspecified atom stereocenters. The highest BCUT2D eigenvalue weighted by Gasteiger charge is 2.29. The third-order valence-corrected chi connectivity index (χ3v) is 9.05. The fourth-order valence-electron chi connectivity index (χ4n) is 5.25. The van der Waals surface area contributed by atoms with Crippen LogP contribution in [0.2, 0.25) is 0 Å². The van der Waals surface area contributed by atoms with Crippen LogP contribution in [-0.4, -0.2) is 19.3 Å². The van der Waals surface area contributed by atoms with Crippen LogP contribution in [0, 0.1) is 12.7 Å². The van der Waals surface area contributed by atoms with Gasteiger partial charge in [0.05, 0.1) is 17.1 Å². The number of sulfonamides is 1. The molecule has 8 heteroatoms. The molecule has 5 rings (SSSR count). The molecule has 1 aromatic heterocycles. The molecule has 0 saturated carbocycles. The normalized spacial score (nSPS) is 14.6. The molecule has 0 saturated heterocycles. The third kappa shape index (κ3) is 6.89. The molecule has 4 aromatic rings. The van der Waals surface area contributed by atoms with Crippen LogP contribution in [0.15, 0.2) is 89.8 Å². The minimum atomic E-state index is -3.72. The number of fused-ring (bicyclic) bond motifs is 1. The molecule has 6 nitrogen and oxygen atoms in total. The second kappa shape index (κ2) is 12.3. The Morgan fingerprint density at radius 2 is 1.73 bits per heavy atom. The number of carbonyl (C=O) groups is 1. The highest BCUT2D eigenvalue weighted by Crippen LogP contribution is 2.36. The van der Waals surface area contributed by atoms with E-state index in [1.807, 2.05) is 62.4 Å². The van der Waals surface area contributed by atoms with E-state index in [2.05, 4.69) is 9.71 Å². The average molecular weight is 572 g/mol. The summed E-state index contributed by atoms with van der Waals surface area (Å²) in [6.07, 6.45) is 2.93. The maximum Gasteiger partial charge on any atom is 0.241 e. The Balaban J connectivity index is 1.41. The summed E-state index contributed by atoms with van der Waals surface area (Å²) in [5, 5.41) is 0. The van der Waals surface area contributed by atoms with E-state index in [-0.39, 0.29) is 29.6 Å². The van der Waals surface area contributed by atoms with Crippen LogP contribution in [0.5, 0.6) is 0 Å². The lowest BCUT2D eigenvalue weighted by molar-refractivity contribution is -0.118. The van der Waals surface area contributed by atoms with Crippen molar-refractivity contribution < 1.29 is 17.6 Å². The summed E-state index contributed by atoms with van der Waals surface area (Å²) in [5.74, 6) is -0.405. The fraction of sp³-hybridized carbons (Fsp3) is 0.273. The maximum atomic E-state index is 13.6. The van der Waals surface area contributed by atoms with Crippen LogP contribution in [0.1, 0.15) is 59.4 Å². The third-order valence-electron chi connectivity index (χ3n) is 7.57. The Hall–Kier alpha value is -3.88. The lowest BCUT2D eigenvalue weighted by Crippen LogP contribution is -2.31. The molecule has 1 amide bonds. The molecule has 212 valence electrons. The van der Waals surface area contributed by atoms with Crippen LogP contribution in [0.4, 0.5) is 10.1 Å². The van der Waals surface area contributed by atoms with Gasteiger partial charge in [0.15, 0.2) is 0 Å². The monoisotopic (exact) mass is 571 g/mol. The van der Waals surface area contributed by atoms with Gasteiger partial charge in [0.25, 0.3) is 0 Å². The van der Waals surface area contributed by atoms with Gasteiger partial charge in [-0.15, -0.1) is 0 Å². The van der Waals surface area contributed by atoms with E-state index >= 15 is 0 Å². The second-order valence-corrected chi connectivity index (χ2v) is 12.2. The van der Waals surface area contributed by atoms with E-state index < -0.39 is 16.1 Å². The number of nitrogens with one attached hydrogen (secondary N) is 1. The summed E-state index contributed by atoms with van der Waals surface area (Å²) in [7, 11) is -3.72. The number of halogens is 1. The number of benzene rings is 3. The first-order chi connectivity index (χ1) is 19.7. The van der Waals surface area contributed by atoms with Gasteiger partial charge in [-0.25, -0.2) is 17.5 Å². The molecule has 1 aliphatic carbocycles. The van der Waals surface area contributed by atoms with Gasteiger partial charge >= 0.3 is 0 Å². The lowest BCUT2D eigenvalue weighted by Gasteiger charge is -2.24. The van der Waals surface area contributed by atoms with Crippen LogP contribution < -0.4 is 9.62 Å². The molecule has 1 atom stereocenters. The number of carbonyl (C=O) groups excluding carboxylic acids is 1. The van der Waals surface area contributed by atoms with Gasteiger partial charge in [-0.3, -0.25) is 9.78 Å². The molecule has 41 heavy (non-hydrogen) atoms. The number of pyridine rings is 1. The quantitative estimate of drug-likeness (QED) is 0.245. The molecule has 0 aliphatic heterocycles. The Morgan fingerprint density at radius 3 is 2.44 bits per heavy atom. The summed E-state index contributed by atoms with van der Waals surface area (Å²) < 4.78 is 42.7. The number of hydrogen-bond acceptors (Lipinski definition) is 4. The largest absolute Gasteiger partial charge is 0.306 e. The van der Waals surface area contributed by atoms with E-state index in [0.29, 0.717) is 18.5 Å². The number of rotatable bonds is 10. The first-order valence-electron chi connectivity index (χ1n) is 13.9. The first-order valence-corrected chi connectivity index (χ1v) is 15.4. The first kappa shape index (κ1) is 28.6. The van der Waals surface area contributed by atoms with Crippen molar-refractivity contribution in [3.8, 4) is 0 Å². The van der Waals surface area contributed by atoms with Crippen molar-refractivity contribution in [2.24, 2.45) is 0 Å². The van der Waals surface area contributed by atoms with Gasteiger partial charge in [-0.1, -0.05) is 43.3 Å². The van der Waals surface area contributed by atoms with Crippen molar-refractivity contribution in [2.75, 3.05) is 4.90 Å². The van der Waals surface area contributed by atoms with Gasteiger partial charge in [-0.05, 0) is 103 Å². The molecular weight excluding hydrogens is 537 g/mol. The number of aromatic nitrogens is 1. The topological polar surface area (TPSA) is 79.4 Å². The fourth-order valence-corrected chi connectivity index (χ4v) is 6.50. The summed E-state index contributed by atoms with van der Waals surface area (Å²) in [6.45, 7) is 4.22. The zero-order valence-electron chi connectivity index (χ0n) is 23.3.